The second-order valence-electron chi connectivity index (χ2n) is 6.15. The highest BCUT2D eigenvalue weighted by atomic mass is 15.1. The third kappa shape index (κ3) is 1.41. The molecule has 0 radical (unpaired) electrons. The minimum Gasteiger partial charge on any atom is -0.346 e. The molecule has 2 bridgehead atoms. The van der Waals surface area contributed by atoms with Crippen molar-refractivity contribution in [1.29, 1.82) is 0 Å². The molecule has 2 N–H and O–H groups in total. The lowest BCUT2D eigenvalue weighted by atomic mass is 9.99. The lowest BCUT2D eigenvalue weighted by molar-refractivity contribution is 0.303. The van der Waals surface area contributed by atoms with Crippen LogP contribution in [0.5, 0.6) is 0 Å². The highest BCUT2D eigenvalue weighted by Crippen LogP contribution is 2.36. The van der Waals surface area contributed by atoms with Crippen molar-refractivity contribution in [2.75, 3.05) is 0 Å². The number of aromatic amines is 1. The zero-order valence-electron chi connectivity index (χ0n) is 11.2. The van der Waals surface area contributed by atoms with E-state index in [4.69, 9.17) is 0 Å². The number of rotatable bonds is 1. The van der Waals surface area contributed by atoms with E-state index in [0.29, 0.717) is 18.1 Å². The molecule has 2 unspecified atom stereocenters. The van der Waals surface area contributed by atoms with Crippen LogP contribution in [0.3, 0.4) is 0 Å². The van der Waals surface area contributed by atoms with E-state index in [0.717, 1.165) is 11.2 Å². The summed E-state index contributed by atoms with van der Waals surface area (Å²) in [6, 6.07) is 4.07. The van der Waals surface area contributed by atoms with Crippen LogP contribution in [0.4, 0.5) is 0 Å². The molecule has 2 aliphatic rings. The average molecular weight is 267 g/mol. The van der Waals surface area contributed by atoms with E-state index in [1.807, 2.05) is 18.7 Å². The van der Waals surface area contributed by atoms with E-state index >= 15 is 0 Å². The Morgan fingerprint density at radius 2 is 2.00 bits per heavy atom. The van der Waals surface area contributed by atoms with Gasteiger partial charge < -0.3 is 14.9 Å². The van der Waals surface area contributed by atoms with Crippen molar-refractivity contribution in [3.63, 3.8) is 0 Å². The molecule has 0 aliphatic carbocycles. The molecule has 5 nitrogen and oxygen atoms in total. The zero-order chi connectivity index (χ0) is 13.1. The fraction of sp³-hybridized carbons (Fsp3) is 0.467. The topological polar surface area (TPSA) is 58.5 Å². The second kappa shape index (κ2) is 3.82. The quantitative estimate of drug-likeness (QED) is 0.711. The van der Waals surface area contributed by atoms with Crippen LogP contribution < -0.4 is 5.32 Å². The Hall–Kier alpha value is -1.88. The molecule has 2 aliphatic heterocycles. The number of nitrogens with zero attached hydrogens (tertiary/aromatic N) is 3. The third-order valence-electron chi connectivity index (χ3n) is 4.96. The first-order valence-electron chi connectivity index (χ1n) is 7.43. The standard InChI is InChI=1S/C15H17N5/c1-2-10-6-11(5-9(1)19-10)20-8-18-13-7-17-15-12(14(13)20)3-4-16-15/h3-4,7-11,19H,1-2,5-6H2,(H,16,17). The van der Waals surface area contributed by atoms with Crippen molar-refractivity contribution >= 4 is 22.1 Å². The van der Waals surface area contributed by atoms with Gasteiger partial charge in [-0.1, -0.05) is 0 Å². The molecule has 5 rings (SSSR count). The Kier molecular flexibility index (Phi) is 2.07. The summed E-state index contributed by atoms with van der Waals surface area (Å²) in [5.41, 5.74) is 3.20. The Labute approximate surface area is 116 Å². The summed E-state index contributed by atoms with van der Waals surface area (Å²) >= 11 is 0. The van der Waals surface area contributed by atoms with Gasteiger partial charge in [-0.05, 0) is 31.7 Å². The lowest BCUT2D eigenvalue weighted by Crippen LogP contribution is -2.38. The molecule has 0 aromatic carbocycles. The summed E-state index contributed by atoms with van der Waals surface area (Å²) in [6.07, 6.45) is 10.9. The molecule has 3 aromatic rings. The summed E-state index contributed by atoms with van der Waals surface area (Å²) in [5, 5.41) is 4.90. The van der Waals surface area contributed by atoms with Gasteiger partial charge in [0, 0.05) is 29.7 Å². The molecule has 2 atom stereocenters. The molecule has 102 valence electrons. The molecule has 2 fully saturated rings. The molecule has 0 amide bonds. The Balaban J connectivity index is 1.70. The minimum atomic E-state index is 0.569. The molecule has 5 heterocycles. The number of aromatic nitrogens is 4. The van der Waals surface area contributed by atoms with Crippen LogP contribution in [0.2, 0.25) is 0 Å². The molecule has 5 heteroatoms. The summed E-state index contributed by atoms with van der Waals surface area (Å²) in [5.74, 6) is 0. The van der Waals surface area contributed by atoms with Gasteiger partial charge in [0.05, 0.1) is 18.0 Å². The van der Waals surface area contributed by atoms with E-state index in [1.165, 1.54) is 36.6 Å². The summed E-state index contributed by atoms with van der Waals surface area (Å²) in [7, 11) is 0. The first-order valence-corrected chi connectivity index (χ1v) is 7.43. The molecule has 20 heavy (non-hydrogen) atoms. The lowest BCUT2D eigenvalue weighted by Gasteiger charge is -2.30. The number of hydrogen-bond acceptors (Lipinski definition) is 3. The molecule has 0 spiro atoms. The largest absolute Gasteiger partial charge is 0.346 e. The van der Waals surface area contributed by atoms with Crippen LogP contribution in [-0.4, -0.2) is 31.6 Å². The monoisotopic (exact) mass is 267 g/mol. The smallest absolute Gasteiger partial charge is 0.139 e. The third-order valence-corrected chi connectivity index (χ3v) is 4.96. The van der Waals surface area contributed by atoms with Gasteiger partial charge >= 0.3 is 0 Å². The van der Waals surface area contributed by atoms with Crippen molar-refractivity contribution in [2.24, 2.45) is 0 Å². The highest BCUT2D eigenvalue weighted by Gasteiger charge is 2.34. The minimum absolute atomic E-state index is 0.569. The molecular formula is C15H17N5. The van der Waals surface area contributed by atoms with Gasteiger partial charge in [0.25, 0.3) is 0 Å². The van der Waals surface area contributed by atoms with E-state index in [9.17, 15) is 0 Å². The fourth-order valence-electron chi connectivity index (χ4n) is 4.06. The number of pyridine rings is 1. The Morgan fingerprint density at radius 3 is 2.85 bits per heavy atom. The molecule has 3 aromatic heterocycles. The van der Waals surface area contributed by atoms with Gasteiger partial charge in [-0.25, -0.2) is 9.97 Å². The van der Waals surface area contributed by atoms with Crippen molar-refractivity contribution in [1.82, 2.24) is 24.8 Å². The van der Waals surface area contributed by atoms with Crippen LogP contribution in [0.15, 0.2) is 24.8 Å². The van der Waals surface area contributed by atoms with Gasteiger partial charge in [0.2, 0.25) is 0 Å². The summed E-state index contributed by atoms with van der Waals surface area (Å²) < 4.78 is 2.39. The maximum atomic E-state index is 4.56. The predicted octanol–water partition coefficient (Wildman–Crippen LogP) is 2.37. The number of H-pyrrole nitrogens is 1. The molecule has 0 saturated carbocycles. The number of hydrogen-bond donors (Lipinski definition) is 2. The van der Waals surface area contributed by atoms with Crippen LogP contribution in [0.25, 0.3) is 22.1 Å². The molecule has 2 saturated heterocycles. The van der Waals surface area contributed by atoms with Gasteiger partial charge in [-0.3, -0.25) is 0 Å². The Bertz CT molecular complexity index is 774. The number of nitrogens with one attached hydrogen (secondary N) is 2. The van der Waals surface area contributed by atoms with E-state index < -0.39 is 0 Å². The van der Waals surface area contributed by atoms with Crippen molar-refractivity contribution in [2.45, 2.75) is 43.8 Å². The summed E-state index contributed by atoms with van der Waals surface area (Å²) in [6.45, 7) is 0. The van der Waals surface area contributed by atoms with Gasteiger partial charge in [-0.15, -0.1) is 0 Å². The van der Waals surface area contributed by atoms with Crippen LogP contribution >= 0.6 is 0 Å². The maximum absolute atomic E-state index is 4.56. The van der Waals surface area contributed by atoms with Gasteiger partial charge in [0.1, 0.15) is 11.2 Å². The van der Waals surface area contributed by atoms with E-state index in [1.54, 1.807) is 0 Å². The summed E-state index contributed by atoms with van der Waals surface area (Å²) in [4.78, 5) is 12.2. The van der Waals surface area contributed by atoms with Gasteiger partial charge in [-0.2, -0.15) is 0 Å². The number of fused-ring (bicyclic) bond motifs is 5. The van der Waals surface area contributed by atoms with Crippen LogP contribution in [0.1, 0.15) is 31.7 Å². The van der Waals surface area contributed by atoms with Gasteiger partial charge in [0.15, 0.2) is 0 Å². The van der Waals surface area contributed by atoms with Crippen molar-refractivity contribution in [3.05, 3.63) is 24.8 Å². The normalized spacial score (nSPS) is 29.5. The average Bonchev–Trinajstić information content (AvgIpc) is 3.15. The maximum Gasteiger partial charge on any atom is 0.139 e. The van der Waals surface area contributed by atoms with E-state index in [2.05, 4.69) is 30.9 Å². The van der Waals surface area contributed by atoms with Crippen molar-refractivity contribution < 1.29 is 0 Å². The zero-order valence-corrected chi connectivity index (χ0v) is 11.2. The SMILES string of the molecule is c1cc2c(ncc3ncn(C4CC5CCC(C4)N5)c32)[nH]1. The number of imidazole rings is 1. The first-order chi connectivity index (χ1) is 9.88. The van der Waals surface area contributed by atoms with Crippen molar-refractivity contribution in [3.8, 4) is 0 Å². The van der Waals surface area contributed by atoms with Crippen LogP contribution in [0, 0.1) is 0 Å². The number of piperidine rings is 1. The molecular weight excluding hydrogens is 250 g/mol. The van der Waals surface area contributed by atoms with E-state index in [-0.39, 0.29) is 0 Å². The first kappa shape index (κ1) is 10.9. The predicted molar refractivity (Wildman–Crippen MR) is 77.6 cm³/mol. The second-order valence-corrected chi connectivity index (χ2v) is 6.15. The highest BCUT2D eigenvalue weighted by molar-refractivity contribution is 6.00. The fourth-order valence-corrected chi connectivity index (χ4v) is 4.06. The Morgan fingerprint density at radius 1 is 1.15 bits per heavy atom. The van der Waals surface area contributed by atoms with Crippen LogP contribution in [-0.2, 0) is 0 Å².